The van der Waals surface area contributed by atoms with Crippen molar-refractivity contribution >= 4 is 11.5 Å². The quantitative estimate of drug-likeness (QED) is 0.842. The van der Waals surface area contributed by atoms with Gasteiger partial charge in [0, 0.05) is 18.8 Å². The van der Waals surface area contributed by atoms with Gasteiger partial charge in [0.1, 0.15) is 0 Å². The lowest BCUT2D eigenvalue weighted by Crippen LogP contribution is -2.54. The molecule has 0 amide bonds. The van der Waals surface area contributed by atoms with Gasteiger partial charge in [-0.1, -0.05) is 0 Å². The first-order chi connectivity index (χ1) is 8.62. The van der Waals surface area contributed by atoms with Crippen molar-refractivity contribution in [3.05, 3.63) is 6.20 Å². The summed E-state index contributed by atoms with van der Waals surface area (Å²) in [6.07, 6.45) is 10.3. The molecule has 0 atom stereocenters. The maximum absolute atomic E-state index is 6.02. The molecule has 4 fully saturated rings. The predicted molar refractivity (Wildman–Crippen MR) is 72.1 cm³/mol. The van der Waals surface area contributed by atoms with Crippen molar-refractivity contribution in [3.8, 4) is 0 Å². The summed E-state index contributed by atoms with van der Waals surface area (Å²) in [6, 6.07) is 0. The van der Waals surface area contributed by atoms with E-state index in [2.05, 4.69) is 10.4 Å². The molecule has 4 bridgehead atoms. The van der Waals surface area contributed by atoms with E-state index in [-0.39, 0.29) is 0 Å². The smallest absolute Gasteiger partial charge is 0.171 e. The van der Waals surface area contributed by atoms with Gasteiger partial charge in [0.15, 0.2) is 5.82 Å². The Morgan fingerprint density at radius 1 is 1.22 bits per heavy atom. The van der Waals surface area contributed by atoms with Crippen LogP contribution in [0.3, 0.4) is 0 Å². The van der Waals surface area contributed by atoms with Gasteiger partial charge in [-0.3, -0.25) is 4.68 Å². The second kappa shape index (κ2) is 3.43. The van der Waals surface area contributed by atoms with Crippen molar-refractivity contribution in [3.63, 3.8) is 0 Å². The summed E-state index contributed by atoms with van der Waals surface area (Å²) in [7, 11) is 1.93. The standard InChI is InChI=1S/C14H22N4/c1-18-8-12(15)13(17-18)16-14-5-9-2-10(6-14)4-11(3-9)7-14/h8-11H,2-7,15H2,1H3,(H,16,17). The molecule has 0 aromatic carbocycles. The molecule has 3 N–H and O–H groups in total. The second-order valence-electron chi connectivity index (χ2n) is 6.93. The number of hydrogen-bond acceptors (Lipinski definition) is 3. The molecule has 0 aliphatic heterocycles. The minimum Gasteiger partial charge on any atom is -0.394 e. The van der Waals surface area contributed by atoms with E-state index in [0.717, 1.165) is 29.3 Å². The molecule has 1 aromatic rings. The van der Waals surface area contributed by atoms with Gasteiger partial charge in [0.2, 0.25) is 0 Å². The summed E-state index contributed by atoms with van der Waals surface area (Å²) in [4.78, 5) is 0. The number of anilines is 2. The zero-order valence-corrected chi connectivity index (χ0v) is 11.0. The van der Waals surface area contributed by atoms with Gasteiger partial charge in [0.05, 0.1) is 5.69 Å². The van der Waals surface area contributed by atoms with Crippen molar-refractivity contribution in [2.75, 3.05) is 11.1 Å². The monoisotopic (exact) mass is 246 g/mol. The lowest BCUT2D eigenvalue weighted by Gasteiger charge is -2.57. The number of hydrogen-bond donors (Lipinski definition) is 2. The number of nitrogens with two attached hydrogens (primary N) is 1. The van der Waals surface area contributed by atoms with Crippen LogP contribution in [-0.2, 0) is 7.05 Å². The van der Waals surface area contributed by atoms with E-state index in [1.165, 1.54) is 38.5 Å². The number of rotatable bonds is 2. The first-order valence-electron chi connectivity index (χ1n) is 7.19. The largest absolute Gasteiger partial charge is 0.394 e. The van der Waals surface area contributed by atoms with Gasteiger partial charge >= 0.3 is 0 Å². The van der Waals surface area contributed by atoms with Crippen LogP contribution in [-0.4, -0.2) is 15.3 Å². The van der Waals surface area contributed by atoms with Crippen molar-refractivity contribution in [2.45, 2.75) is 44.1 Å². The highest BCUT2D eigenvalue weighted by Gasteiger charge is 2.51. The van der Waals surface area contributed by atoms with Crippen LogP contribution in [0.1, 0.15) is 38.5 Å². The van der Waals surface area contributed by atoms with Crippen LogP contribution in [0.15, 0.2) is 6.20 Å². The van der Waals surface area contributed by atoms with Gasteiger partial charge < -0.3 is 11.1 Å². The highest BCUT2D eigenvalue weighted by atomic mass is 15.3. The predicted octanol–water partition coefficient (Wildman–Crippen LogP) is 2.38. The fourth-order valence-electron chi connectivity index (χ4n) is 5.12. The molecule has 4 aliphatic carbocycles. The molecule has 4 saturated carbocycles. The zero-order valence-electron chi connectivity index (χ0n) is 11.0. The van der Waals surface area contributed by atoms with Crippen molar-refractivity contribution in [1.29, 1.82) is 0 Å². The summed E-state index contributed by atoms with van der Waals surface area (Å²) in [5.74, 6) is 3.76. The summed E-state index contributed by atoms with van der Waals surface area (Å²) in [5.41, 5.74) is 7.11. The van der Waals surface area contributed by atoms with Crippen molar-refractivity contribution in [1.82, 2.24) is 9.78 Å². The van der Waals surface area contributed by atoms with E-state index in [1.54, 1.807) is 4.68 Å². The van der Waals surface area contributed by atoms with Crippen LogP contribution in [0.25, 0.3) is 0 Å². The second-order valence-corrected chi connectivity index (χ2v) is 6.93. The van der Waals surface area contributed by atoms with Crippen LogP contribution in [0.5, 0.6) is 0 Å². The molecule has 0 spiro atoms. The summed E-state index contributed by atoms with van der Waals surface area (Å²) >= 11 is 0. The summed E-state index contributed by atoms with van der Waals surface area (Å²) < 4.78 is 1.80. The topological polar surface area (TPSA) is 55.9 Å². The molecule has 4 nitrogen and oxygen atoms in total. The van der Waals surface area contributed by atoms with Crippen LogP contribution >= 0.6 is 0 Å². The SMILES string of the molecule is Cn1cc(N)c(NC23CC4CC(CC(C4)C2)C3)n1. The first kappa shape index (κ1) is 10.7. The number of nitrogens with one attached hydrogen (secondary N) is 1. The summed E-state index contributed by atoms with van der Waals surface area (Å²) in [6.45, 7) is 0. The summed E-state index contributed by atoms with van der Waals surface area (Å²) in [5, 5.41) is 8.19. The highest BCUT2D eigenvalue weighted by Crippen LogP contribution is 2.56. The van der Waals surface area contributed by atoms with E-state index in [4.69, 9.17) is 5.73 Å². The molecule has 0 saturated heterocycles. The van der Waals surface area contributed by atoms with E-state index in [1.807, 2.05) is 13.2 Å². The molecule has 0 unspecified atom stereocenters. The molecular weight excluding hydrogens is 224 g/mol. The Kier molecular flexibility index (Phi) is 2.04. The average Bonchev–Trinajstić information content (AvgIpc) is 2.54. The third kappa shape index (κ3) is 1.54. The minimum absolute atomic E-state index is 0.303. The van der Waals surface area contributed by atoms with Gasteiger partial charge in [-0.15, -0.1) is 0 Å². The van der Waals surface area contributed by atoms with E-state index >= 15 is 0 Å². The van der Waals surface area contributed by atoms with Crippen molar-refractivity contribution < 1.29 is 0 Å². The Labute approximate surface area is 108 Å². The molecule has 4 heteroatoms. The molecular formula is C14H22N4. The Morgan fingerprint density at radius 3 is 2.22 bits per heavy atom. The highest BCUT2D eigenvalue weighted by molar-refractivity contribution is 5.61. The Bertz CT molecular complexity index is 441. The Morgan fingerprint density at radius 2 is 1.78 bits per heavy atom. The number of aryl methyl sites for hydroxylation is 1. The first-order valence-corrected chi connectivity index (χ1v) is 7.19. The third-order valence-electron chi connectivity index (χ3n) is 5.28. The van der Waals surface area contributed by atoms with E-state index < -0.39 is 0 Å². The molecule has 1 heterocycles. The molecule has 18 heavy (non-hydrogen) atoms. The fraction of sp³-hybridized carbons (Fsp3) is 0.786. The normalized spacial score (nSPS) is 41.3. The third-order valence-corrected chi connectivity index (χ3v) is 5.28. The zero-order chi connectivity index (χ0) is 12.3. The average molecular weight is 246 g/mol. The molecule has 0 radical (unpaired) electrons. The van der Waals surface area contributed by atoms with E-state index in [0.29, 0.717) is 5.54 Å². The van der Waals surface area contributed by atoms with Crippen LogP contribution in [0.4, 0.5) is 11.5 Å². The lowest BCUT2D eigenvalue weighted by molar-refractivity contribution is 0.0105. The fourth-order valence-corrected chi connectivity index (χ4v) is 5.12. The van der Waals surface area contributed by atoms with Gasteiger partial charge in [-0.25, -0.2) is 0 Å². The van der Waals surface area contributed by atoms with Crippen LogP contribution < -0.4 is 11.1 Å². The Hall–Kier alpha value is -1.19. The molecule has 4 aliphatic rings. The van der Waals surface area contributed by atoms with Crippen LogP contribution in [0, 0.1) is 17.8 Å². The lowest BCUT2D eigenvalue weighted by atomic mass is 9.53. The molecule has 5 rings (SSSR count). The van der Waals surface area contributed by atoms with Gasteiger partial charge in [-0.2, -0.15) is 5.10 Å². The van der Waals surface area contributed by atoms with E-state index in [9.17, 15) is 0 Å². The van der Waals surface area contributed by atoms with Gasteiger partial charge in [0.25, 0.3) is 0 Å². The number of aromatic nitrogens is 2. The van der Waals surface area contributed by atoms with Crippen molar-refractivity contribution in [2.24, 2.45) is 24.8 Å². The molecule has 1 aromatic heterocycles. The maximum Gasteiger partial charge on any atom is 0.171 e. The minimum atomic E-state index is 0.303. The Balaban J connectivity index is 1.62. The van der Waals surface area contributed by atoms with Gasteiger partial charge in [-0.05, 0) is 56.3 Å². The number of nitrogen functional groups attached to an aromatic ring is 1. The van der Waals surface area contributed by atoms with Crippen LogP contribution in [0.2, 0.25) is 0 Å². The molecule has 98 valence electrons. The maximum atomic E-state index is 6.02. The number of nitrogens with zero attached hydrogens (tertiary/aromatic N) is 2.